The molecule has 0 aliphatic rings. The molecule has 1 N–H and O–H groups in total. The Balaban J connectivity index is 2.41. The lowest BCUT2D eigenvalue weighted by atomic mass is 9.97. The predicted octanol–water partition coefficient (Wildman–Crippen LogP) is 4.39. The van der Waals surface area contributed by atoms with E-state index in [0.29, 0.717) is 5.92 Å². The summed E-state index contributed by atoms with van der Waals surface area (Å²) in [5, 5.41) is 8.97. The summed E-state index contributed by atoms with van der Waals surface area (Å²) < 4.78 is 13.4. The van der Waals surface area contributed by atoms with Crippen LogP contribution < -0.4 is 0 Å². The summed E-state index contributed by atoms with van der Waals surface area (Å²) in [6, 6.07) is 12.1. The maximum absolute atomic E-state index is 13.4. The Bertz CT molecular complexity index is 633. The van der Waals surface area contributed by atoms with Crippen LogP contribution in [0.3, 0.4) is 0 Å². The fraction of sp³-hybridized carbons (Fsp3) is 0.235. The van der Waals surface area contributed by atoms with Crippen molar-refractivity contribution in [1.82, 2.24) is 0 Å². The van der Waals surface area contributed by atoms with Crippen molar-refractivity contribution in [3.8, 4) is 11.1 Å². The Morgan fingerprint density at radius 3 is 2.50 bits per heavy atom. The van der Waals surface area contributed by atoms with Gasteiger partial charge < -0.3 is 5.11 Å². The van der Waals surface area contributed by atoms with Crippen LogP contribution in [0.2, 0.25) is 0 Å². The van der Waals surface area contributed by atoms with Gasteiger partial charge in [-0.1, -0.05) is 44.2 Å². The number of hydrogen-bond acceptors (Lipinski definition) is 1. The van der Waals surface area contributed by atoms with Crippen LogP contribution >= 0.6 is 0 Å². The number of hydrogen-bond donors (Lipinski definition) is 1. The van der Waals surface area contributed by atoms with Gasteiger partial charge in [-0.15, -0.1) is 0 Å². The third kappa shape index (κ3) is 3.23. The van der Waals surface area contributed by atoms with Gasteiger partial charge in [0.25, 0.3) is 0 Å². The maximum Gasteiger partial charge on any atom is 0.338 e. The highest BCUT2D eigenvalue weighted by Crippen LogP contribution is 2.24. The zero-order valence-corrected chi connectivity index (χ0v) is 11.6. The van der Waals surface area contributed by atoms with Crippen molar-refractivity contribution in [1.29, 1.82) is 0 Å². The molecule has 2 aromatic carbocycles. The van der Waals surface area contributed by atoms with Crippen molar-refractivity contribution in [2.45, 2.75) is 20.3 Å². The van der Waals surface area contributed by atoms with E-state index in [1.165, 1.54) is 17.7 Å². The Hall–Kier alpha value is -2.16. The average molecular weight is 272 g/mol. The number of halogens is 1. The van der Waals surface area contributed by atoms with E-state index in [9.17, 15) is 9.18 Å². The highest BCUT2D eigenvalue weighted by molar-refractivity contribution is 5.89. The van der Waals surface area contributed by atoms with Crippen LogP contribution in [0.15, 0.2) is 42.5 Å². The maximum atomic E-state index is 13.4. The van der Waals surface area contributed by atoms with E-state index in [-0.39, 0.29) is 5.56 Å². The number of benzene rings is 2. The van der Waals surface area contributed by atoms with Gasteiger partial charge in [0.1, 0.15) is 5.82 Å². The van der Waals surface area contributed by atoms with Crippen LogP contribution in [0.25, 0.3) is 11.1 Å². The van der Waals surface area contributed by atoms with Crippen LogP contribution in [0, 0.1) is 11.7 Å². The lowest BCUT2D eigenvalue weighted by molar-refractivity contribution is 0.0692. The van der Waals surface area contributed by atoms with E-state index in [1.54, 1.807) is 6.07 Å². The fourth-order valence-electron chi connectivity index (χ4n) is 2.22. The van der Waals surface area contributed by atoms with Gasteiger partial charge in [0.05, 0.1) is 5.56 Å². The first-order valence-corrected chi connectivity index (χ1v) is 6.59. The highest BCUT2D eigenvalue weighted by Gasteiger charge is 2.11. The van der Waals surface area contributed by atoms with Crippen molar-refractivity contribution in [2.75, 3.05) is 0 Å². The molecule has 2 aromatic rings. The van der Waals surface area contributed by atoms with E-state index >= 15 is 0 Å². The summed E-state index contributed by atoms with van der Waals surface area (Å²) in [5.74, 6) is -1.41. The molecule has 0 fully saturated rings. The summed E-state index contributed by atoms with van der Waals surface area (Å²) >= 11 is 0. The second-order valence-electron chi connectivity index (χ2n) is 5.30. The van der Waals surface area contributed by atoms with E-state index in [2.05, 4.69) is 13.8 Å². The van der Waals surface area contributed by atoms with E-state index in [1.807, 2.05) is 24.3 Å². The van der Waals surface area contributed by atoms with Gasteiger partial charge in [-0.05, 0) is 41.2 Å². The van der Waals surface area contributed by atoms with E-state index in [0.717, 1.165) is 17.5 Å². The molecule has 2 nitrogen and oxygen atoms in total. The smallest absolute Gasteiger partial charge is 0.338 e. The number of rotatable bonds is 4. The van der Waals surface area contributed by atoms with Gasteiger partial charge in [-0.3, -0.25) is 0 Å². The number of carboxylic acids is 1. The van der Waals surface area contributed by atoms with E-state index in [4.69, 9.17) is 5.11 Å². The van der Waals surface area contributed by atoms with Gasteiger partial charge in [0.2, 0.25) is 0 Å². The molecular weight excluding hydrogens is 255 g/mol. The first-order valence-electron chi connectivity index (χ1n) is 6.59. The molecule has 0 amide bonds. The minimum atomic E-state index is -1.25. The molecule has 0 bridgehead atoms. The molecule has 0 atom stereocenters. The number of carbonyl (C=O) groups is 1. The summed E-state index contributed by atoms with van der Waals surface area (Å²) in [5.41, 5.74) is 2.52. The first kappa shape index (κ1) is 14.3. The summed E-state index contributed by atoms with van der Waals surface area (Å²) in [6.45, 7) is 4.29. The average Bonchev–Trinajstić information content (AvgIpc) is 2.38. The minimum Gasteiger partial charge on any atom is -0.478 e. The zero-order chi connectivity index (χ0) is 14.7. The molecule has 0 aromatic heterocycles. The number of carboxylic acid groups (broad SMARTS) is 1. The van der Waals surface area contributed by atoms with Crippen LogP contribution in [-0.2, 0) is 6.42 Å². The molecule has 0 heterocycles. The summed E-state index contributed by atoms with van der Waals surface area (Å²) in [7, 11) is 0. The second kappa shape index (κ2) is 5.87. The molecule has 0 aliphatic heterocycles. The van der Waals surface area contributed by atoms with Crippen molar-refractivity contribution < 1.29 is 14.3 Å². The molecule has 20 heavy (non-hydrogen) atoms. The number of aromatic carboxylic acids is 1. The van der Waals surface area contributed by atoms with Gasteiger partial charge in [-0.2, -0.15) is 0 Å². The largest absolute Gasteiger partial charge is 0.478 e. The molecule has 0 saturated carbocycles. The standard InChI is InChI=1S/C17H17FO2/c1-11(2)8-12-4-3-5-13(9-12)14-6-7-16(18)15(10-14)17(19)20/h3-7,9-11H,8H2,1-2H3,(H,19,20). The topological polar surface area (TPSA) is 37.3 Å². The fourth-order valence-corrected chi connectivity index (χ4v) is 2.22. The minimum absolute atomic E-state index is 0.295. The zero-order valence-electron chi connectivity index (χ0n) is 11.6. The van der Waals surface area contributed by atoms with Crippen molar-refractivity contribution >= 4 is 5.97 Å². The van der Waals surface area contributed by atoms with Gasteiger partial charge >= 0.3 is 5.97 Å². The third-order valence-electron chi connectivity index (χ3n) is 3.10. The Labute approximate surface area is 117 Å². The highest BCUT2D eigenvalue weighted by atomic mass is 19.1. The molecule has 0 spiro atoms. The van der Waals surface area contributed by atoms with Crippen molar-refractivity contribution in [3.63, 3.8) is 0 Å². The van der Waals surface area contributed by atoms with E-state index < -0.39 is 11.8 Å². The molecule has 0 radical (unpaired) electrons. The molecule has 104 valence electrons. The Morgan fingerprint density at radius 2 is 1.85 bits per heavy atom. The molecule has 0 aliphatic carbocycles. The van der Waals surface area contributed by atoms with Crippen molar-refractivity contribution in [3.05, 3.63) is 59.4 Å². The molecule has 0 unspecified atom stereocenters. The second-order valence-corrected chi connectivity index (χ2v) is 5.30. The predicted molar refractivity (Wildman–Crippen MR) is 77.3 cm³/mol. The Morgan fingerprint density at radius 1 is 1.15 bits per heavy atom. The van der Waals surface area contributed by atoms with Crippen LogP contribution in [0.1, 0.15) is 29.8 Å². The SMILES string of the molecule is CC(C)Cc1cccc(-c2ccc(F)c(C(=O)O)c2)c1. The van der Waals surface area contributed by atoms with Crippen LogP contribution in [0.4, 0.5) is 4.39 Å². The normalized spacial score (nSPS) is 10.8. The first-order chi connectivity index (χ1) is 9.47. The molecule has 0 saturated heterocycles. The van der Waals surface area contributed by atoms with Crippen molar-refractivity contribution in [2.24, 2.45) is 5.92 Å². The van der Waals surface area contributed by atoms with Gasteiger partial charge in [0, 0.05) is 0 Å². The summed E-state index contributed by atoms with van der Waals surface area (Å²) in [6.07, 6.45) is 0.959. The molecule has 2 rings (SSSR count). The summed E-state index contributed by atoms with van der Waals surface area (Å²) in [4.78, 5) is 11.0. The van der Waals surface area contributed by atoms with Crippen LogP contribution in [0.5, 0.6) is 0 Å². The van der Waals surface area contributed by atoms with Crippen LogP contribution in [-0.4, -0.2) is 11.1 Å². The monoisotopic (exact) mass is 272 g/mol. The lowest BCUT2D eigenvalue weighted by Crippen LogP contribution is -2.00. The van der Waals surface area contributed by atoms with Gasteiger partial charge in [0.15, 0.2) is 0 Å². The lowest BCUT2D eigenvalue weighted by Gasteiger charge is -2.08. The molecule has 3 heteroatoms. The third-order valence-corrected chi connectivity index (χ3v) is 3.10. The Kier molecular flexibility index (Phi) is 4.18. The quantitative estimate of drug-likeness (QED) is 0.896. The van der Waals surface area contributed by atoms with Gasteiger partial charge in [-0.25, -0.2) is 9.18 Å². The molecular formula is C17H17FO2.